The van der Waals surface area contributed by atoms with E-state index in [2.05, 4.69) is 20.6 Å². The molecule has 2 N–H and O–H groups in total. The number of carbonyl (C=O) groups is 1. The number of urea groups is 1. The first-order valence-electron chi connectivity index (χ1n) is 6.42. The van der Waals surface area contributed by atoms with Gasteiger partial charge in [0.1, 0.15) is 6.61 Å². The standard InChI is InChI=1S/C14H15ClN4O2/c1-2-16-14(20)19-12-13(18-8-7-17-12)21-9-10-3-5-11(15)6-4-10/h3-8H,2,9H2,1H3,(H2,16,17,19,20). The first-order chi connectivity index (χ1) is 10.2. The van der Waals surface area contributed by atoms with Gasteiger partial charge in [-0.3, -0.25) is 5.32 Å². The van der Waals surface area contributed by atoms with Crippen LogP contribution < -0.4 is 15.4 Å². The fraction of sp³-hybridized carbons (Fsp3) is 0.214. The summed E-state index contributed by atoms with van der Waals surface area (Å²) in [7, 11) is 0. The minimum absolute atomic E-state index is 0.263. The maximum Gasteiger partial charge on any atom is 0.320 e. The summed E-state index contributed by atoms with van der Waals surface area (Å²) in [5.74, 6) is 0.538. The topological polar surface area (TPSA) is 76.1 Å². The minimum Gasteiger partial charge on any atom is -0.470 e. The van der Waals surface area contributed by atoms with Crippen LogP contribution in [0, 0.1) is 0 Å². The number of halogens is 1. The van der Waals surface area contributed by atoms with Crippen molar-refractivity contribution in [2.75, 3.05) is 11.9 Å². The molecule has 21 heavy (non-hydrogen) atoms. The number of aromatic nitrogens is 2. The van der Waals surface area contributed by atoms with Gasteiger partial charge in [0.2, 0.25) is 0 Å². The van der Waals surface area contributed by atoms with Crippen molar-refractivity contribution in [1.82, 2.24) is 15.3 Å². The van der Waals surface area contributed by atoms with E-state index in [0.717, 1.165) is 5.56 Å². The highest BCUT2D eigenvalue weighted by Crippen LogP contribution is 2.19. The van der Waals surface area contributed by atoms with E-state index in [4.69, 9.17) is 16.3 Å². The molecule has 0 aliphatic heterocycles. The third-order valence-corrected chi connectivity index (χ3v) is 2.77. The molecule has 0 saturated heterocycles. The number of nitrogens with one attached hydrogen (secondary N) is 2. The van der Waals surface area contributed by atoms with E-state index in [0.29, 0.717) is 18.2 Å². The molecule has 0 aliphatic carbocycles. The average molecular weight is 307 g/mol. The number of amides is 2. The Morgan fingerprint density at radius 1 is 1.24 bits per heavy atom. The van der Waals surface area contributed by atoms with E-state index in [1.165, 1.54) is 12.4 Å². The van der Waals surface area contributed by atoms with Gasteiger partial charge in [0.05, 0.1) is 0 Å². The first kappa shape index (κ1) is 15.1. The van der Waals surface area contributed by atoms with Crippen LogP contribution in [0.1, 0.15) is 12.5 Å². The van der Waals surface area contributed by atoms with Gasteiger partial charge in [-0.05, 0) is 24.6 Å². The summed E-state index contributed by atoms with van der Waals surface area (Å²) in [6.45, 7) is 2.65. The van der Waals surface area contributed by atoms with Gasteiger partial charge in [-0.15, -0.1) is 0 Å². The summed E-state index contributed by atoms with van der Waals surface area (Å²) in [5, 5.41) is 5.86. The zero-order valence-electron chi connectivity index (χ0n) is 11.5. The minimum atomic E-state index is -0.352. The van der Waals surface area contributed by atoms with E-state index in [-0.39, 0.29) is 17.7 Å². The number of nitrogens with zero attached hydrogens (tertiary/aromatic N) is 2. The predicted octanol–water partition coefficient (Wildman–Crippen LogP) is 2.85. The van der Waals surface area contributed by atoms with E-state index >= 15 is 0 Å². The van der Waals surface area contributed by atoms with Gasteiger partial charge in [0.15, 0.2) is 5.82 Å². The Hall–Kier alpha value is -2.34. The van der Waals surface area contributed by atoms with Gasteiger partial charge in [0.25, 0.3) is 5.88 Å². The van der Waals surface area contributed by atoms with Crippen molar-refractivity contribution in [2.24, 2.45) is 0 Å². The number of anilines is 1. The van der Waals surface area contributed by atoms with E-state index in [9.17, 15) is 4.79 Å². The van der Waals surface area contributed by atoms with Crippen molar-refractivity contribution < 1.29 is 9.53 Å². The Morgan fingerprint density at radius 2 is 1.95 bits per heavy atom. The van der Waals surface area contributed by atoms with Gasteiger partial charge in [-0.25, -0.2) is 14.8 Å². The lowest BCUT2D eigenvalue weighted by atomic mass is 10.2. The second-order valence-electron chi connectivity index (χ2n) is 4.11. The lowest BCUT2D eigenvalue weighted by Crippen LogP contribution is -2.28. The lowest BCUT2D eigenvalue weighted by molar-refractivity contribution is 0.252. The van der Waals surface area contributed by atoms with Crippen molar-refractivity contribution in [2.45, 2.75) is 13.5 Å². The third kappa shape index (κ3) is 4.61. The number of hydrogen-bond acceptors (Lipinski definition) is 4. The van der Waals surface area contributed by atoms with Crippen LogP contribution in [0.4, 0.5) is 10.6 Å². The highest BCUT2D eigenvalue weighted by Gasteiger charge is 2.09. The van der Waals surface area contributed by atoms with Crippen molar-refractivity contribution in [3.8, 4) is 5.88 Å². The molecule has 1 aromatic carbocycles. The van der Waals surface area contributed by atoms with Crippen molar-refractivity contribution in [3.63, 3.8) is 0 Å². The Morgan fingerprint density at radius 3 is 2.67 bits per heavy atom. The third-order valence-electron chi connectivity index (χ3n) is 2.52. The van der Waals surface area contributed by atoms with Crippen molar-refractivity contribution >= 4 is 23.4 Å². The Kier molecular flexibility index (Phi) is 5.34. The lowest BCUT2D eigenvalue weighted by Gasteiger charge is -2.10. The molecule has 0 radical (unpaired) electrons. The van der Waals surface area contributed by atoms with Crippen LogP contribution in [0.5, 0.6) is 5.88 Å². The molecule has 0 unspecified atom stereocenters. The molecule has 7 heteroatoms. The second-order valence-corrected chi connectivity index (χ2v) is 4.55. The van der Waals surface area contributed by atoms with E-state index in [1.807, 2.05) is 19.1 Å². The number of benzene rings is 1. The molecule has 2 amide bonds. The molecule has 0 spiro atoms. The molecule has 110 valence electrons. The number of carbonyl (C=O) groups excluding carboxylic acids is 1. The fourth-order valence-corrected chi connectivity index (χ4v) is 1.69. The summed E-state index contributed by atoms with van der Waals surface area (Å²) in [5.41, 5.74) is 0.939. The van der Waals surface area contributed by atoms with E-state index in [1.54, 1.807) is 12.1 Å². The van der Waals surface area contributed by atoms with Crippen molar-refractivity contribution in [3.05, 3.63) is 47.2 Å². The second kappa shape index (κ2) is 7.44. The van der Waals surface area contributed by atoms with Gasteiger partial charge in [0, 0.05) is 24.0 Å². The molecule has 0 saturated carbocycles. The Balaban J connectivity index is 2.02. The molecule has 1 heterocycles. The number of rotatable bonds is 5. The van der Waals surface area contributed by atoms with E-state index < -0.39 is 0 Å². The smallest absolute Gasteiger partial charge is 0.320 e. The fourth-order valence-electron chi connectivity index (χ4n) is 1.56. The van der Waals surface area contributed by atoms with Crippen LogP contribution in [0.2, 0.25) is 5.02 Å². The van der Waals surface area contributed by atoms with Crippen LogP contribution in [0.25, 0.3) is 0 Å². The monoisotopic (exact) mass is 306 g/mol. The predicted molar refractivity (Wildman–Crippen MR) is 80.5 cm³/mol. The quantitative estimate of drug-likeness (QED) is 0.890. The zero-order valence-corrected chi connectivity index (χ0v) is 12.2. The van der Waals surface area contributed by atoms with Crippen LogP contribution in [0.15, 0.2) is 36.7 Å². The summed E-state index contributed by atoms with van der Waals surface area (Å²) < 4.78 is 5.58. The van der Waals surface area contributed by atoms with Gasteiger partial charge >= 0.3 is 6.03 Å². The summed E-state index contributed by atoms with van der Waals surface area (Å²) in [6.07, 6.45) is 2.98. The molecule has 0 aliphatic rings. The molecule has 6 nitrogen and oxygen atoms in total. The normalized spacial score (nSPS) is 10.0. The maximum atomic E-state index is 11.5. The molecule has 0 bridgehead atoms. The molecule has 2 rings (SSSR count). The molecule has 0 atom stereocenters. The molecule has 1 aromatic heterocycles. The number of hydrogen-bond donors (Lipinski definition) is 2. The molecule has 2 aromatic rings. The Bertz CT molecular complexity index is 604. The van der Waals surface area contributed by atoms with Gasteiger partial charge < -0.3 is 10.1 Å². The highest BCUT2D eigenvalue weighted by atomic mass is 35.5. The van der Waals surface area contributed by atoms with Crippen LogP contribution in [-0.4, -0.2) is 22.5 Å². The number of ether oxygens (including phenoxy) is 1. The molecular formula is C14H15ClN4O2. The van der Waals surface area contributed by atoms with Gasteiger partial charge in [-0.1, -0.05) is 23.7 Å². The average Bonchev–Trinajstić information content (AvgIpc) is 2.48. The van der Waals surface area contributed by atoms with Crippen LogP contribution in [0.3, 0.4) is 0 Å². The van der Waals surface area contributed by atoms with Crippen LogP contribution in [-0.2, 0) is 6.61 Å². The molecule has 0 fully saturated rings. The van der Waals surface area contributed by atoms with Crippen molar-refractivity contribution in [1.29, 1.82) is 0 Å². The van der Waals surface area contributed by atoms with Crippen LogP contribution >= 0.6 is 11.6 Å². The molecular weight excluding hydrogens is 292 g/mol. The highest BCUT2D eigenvalue weighted by molar-refractivity contribution is 6.30. The largest absolute Gasteiger partial charge is 0.470 e. The maximum absolute atomic E-state index is 11.5. The Labute approximate surface area is 127 Å². The zero-order chi connectivity index (χ0) is 15.1. The first-order valence-corrected chi connectivity index (χ1v) is 6.80. The summed E-state index contributed by atoms with van der Waals surface area (Å²) in [4.78, 5) is 19.6. The summed E-state index contributed by atoms with van der Waals surface area (Å²) in [6, 6.07) is 6.93. The summed E-state index contributed by atoms with van der Waals surface area (Å²) >= 11 is 5.82. The van der Waals surface area contributed by atoms with Gasteiger partial charge in [-0.2, -0.15) is 0 Å². The SMILES string of the molecule is CCNC(=O)Nc1nccnc1OCc1ccc(Cl)cc1.